The van der Waals surface area contributed by atoms with Gasteiger partial charge in [0.15, 0.2) is 0 Å². The third kappa shape index (κ3) is 8.22. The Morgan fingerprint density at radius 3 is 2.40 bits per heavy atom. The van der Waals surface area contributed by atoms with Crippen LogP contribution in [0.25, 0.3) is 44.2 Å². The summed E-state index contributed by atoms with van der Waals surface area (Å²) in [7, 11) is 4.22. The highest BCUT2D eigenvalue weighted by Crippen LogP contribution is 2.44. The number of alkyl carbamates (subject to hydrolysis) is 2. The lowest BCUT2D eigenvalue weighted by Crippen LogP contribution is -2.52. The SMILES string of the molecule is COC[C@H]1CC(c2ncc(-c3ccc4c(c3)COc3cc5c(ccc6[nH]c([C@@H]7CC[C@H](C)N7C(=O)C(NC(=O)OC)C(C)C)nc65)cc3-4)[nH]2)N(C(=O)[C@@H](NC(=O)OC)c2ccccc2)C1. The molecule has 16 nitrogen and oxygen atoms in total. The minimum atomic E-state index is -0.948. The molecule has 2 aromatic heterocycles. The molecule has 4 N–H and O–H groups in total. The molecule has 0 spiro atoms. The number of nitrogens with zero attached hydrogens (tertiary/aromatic N) is 4. The van der Waals surface area contributed by atoms with Crippen LogP contribution in [0.15, 0.2) is 79.0 Å². The predicted molar refractivity (Wildman–Crippen MR) is 243 cm³/mol. The Balaban J connectivity index is 0.974. The normalized spacial score (nSPS) is 20.0. The highest BCUT2D eigenvalue weighted by Gasteiger charge is 2.43. The number of rotatable bonds is 11. The van der Waals surface area contributed by atoms with Gasteiger partial charge in [0.1, 0.15) is 36.1 Å². The van der Waals surface area contributed by atoms with E-state index in [9.17, 15) is 19.2 Å². The Hall–Kier alpha value is -6.94. The molecule has 2 saturated heterocycles. The van der Waals surface area contributed by atoms with Gasteiger partial charge in [0.2, 0.25) is 5.91 Å². The van der Waals surface area contributed by atoms with Crippen LogP contribution in [-0.2, 0) is 30.4 Å². The topological polar surface area (TPSA) is 193 Å². The van der Waals surface area contributed by atoms with E-state index in [4.69, 9.17) is 28.9 Å². The van der Waals surface area contributed by atoms with Crippen molar-refractivity contribution in [3.8, 4) is 28.1 Å². The number of aromatic amines is 2. The zero-order valence-electron chi connectivity index (χ0n) is 37.3. The summed E-state index contributed by atoms with van der Waals surface area (Å²) in [6.45, 7) is 7.11. The summed E-state index contributed by atoms with van der Waals surface area (Å²) in [4.78, 5) is 73.5. The Morgan fingerprint density at radius 2 is 1.65 bits per heavy atom. The number of methoxy groups -OCH3 is 3. The minimum absolute atomic E-state index is 0.0342. The van der Waals surface area contributed by atoms with Crippen LogP contribution in [0, 0.1) is 11.8 Å². The average Bonchev–Trinajstić information content (AvgIpc) is 4.15. The molecule has 0 aliphatic carbocycles. The summed E-state index contributed by atoms with van der Waals surface area (Å²) < 4.78 is 21.7. The van der Waals surface area contributed by atoms with Crippen LogP contribution in [0.3, 0.4) is 0 Å². The van der Waals surface area contributed by atoms with Crippen LogP contribution >= 0.6 is 0 Å². The third-order valence-corrected chi connectivity index (χ3v) is 13.1. The molecule has 0 bridgehead atoms. The van der Waals surface area contributed by atoms with Crippen molar-refractivity contribution in [2.24, 2.45) is 11.8 Å². The van der Waals surface area contributed by atoms with E-state index in [1.807, 2.05) is 62.1 Å². The van der Waals surface area contributed by atoms with E-state index in [0.29, 0.717) is 43.4 Å². The molecule has 6 atom stereocenters. The summed E-state index contributed by atoms with van der Waals surface area (Å²) in [5, 5.41) is 7.42. The lowest BCUT2D eigenvalue weighted by molar-refractivity contribution is -0.137. The number of benzene rings is 4. The number of hydrogen-bond acceptors (Lipinski definition) is 10. The second kappa shape index (κ2) is 17.9. The highest BCUT2D eigenvalue weighted by molar-refractivity contribution is 6.07. The standard InChI is InChI=1S/C49H54N8O8/c1-26(2)41(54-48(60)63-5)47(59)57-27(3)12-17-38(57)45-51-36-16-14-30-20-35-33-15-13-31(19-32(33)25-65-40(35)21-34(30)43(36)53-45)37-22-50-44(52-37)39-18-28(24-62-4)23-56(39)46(58)42(55-49(61)64-6)29-10-8-7-9-11-29/h7-11,13-16,19-22,26-28,38-39,41-42H,12,17-18,23-25H2,1-6H3,(H,50,52)(H,51,53)(H,54,60)(H,55,61)/t27-,28-,38-,39?,41?,42-/m0/s1. The van der Waals surface area contributed by atoms with Crippen LogP contribution in [0.5, 0.6) is 5.75 Å². The van der Waals surface area contributed by atoms with Crippen LogP contribution in [0.2, 0.25) is 0 Å². The number of ether oxygens (including phenoxy) is 4. The number of hydrogen-bond donors (Lipinski definition) is 4. The summed E-state index contributed by atoms with van der Waals surface area (Å²) >= 11 is 0. The molecule has 6 aromatic rings. The van der Waals surface area contributed by atoms with Crippen LogP contribution in [0.4, 0.5) is 9.59 Å². The molecule has 338 valence electrons. The number of H-pyrrole nitrogens is 2. The van der Waals surface area contributed by atoms with Crippen molar-refractivity contribution in [3.63, 3.8) is 0 Å². The Morgan fingerprint density at radius 1 is 0.862 bits per heavy atom. The molecule has 5 heterocycles. The van der Waals surface area contributed by atoms with Gasteiger partial charge in [-0.1, -0.05) is 62.4 Å². The smallest absolute Gasteiger partial charge is 0.407 e. The lowest BCUT2D eigenvalue weighted by atomic mass is 9.92. The van der Waals surface area contributed by atoms with Gasteiger partial charge < -0.3 is 49.3 Å². The number of imidazole rings is 2. The molecule has 3 aliphatic heterocycles. The summed E-state index contributed by atoms with van der Waals surface area (Å²) in [5.74, 6) is 1.61. The number of nitrogens with one attached hydrogen (secondary N) is 4. The first-order valence-electron chi connectivity index (χ1n) is 22.1. The van der Waals surface area contributed by atoms with E-state index in [1.165, 1.54) is 14.2 Å². The van der Waals surface area contributed by atoms with Gasteiger partial charge in [0, 0.05) is 36.6 Å². The van der Waals surface area contributed by atoms with Crippen molar-refractivity contribution >= 4 is 45.8 Å². The van der Waals surface area contributed by atoms with Gasteiger partial charge >= 0.3 is 12.2 Å². The van der Waals surface area contributed by atoms with Crippen LogP contribution < -0.4 is 15.4 Å². The van der Waals surface area contributed by atoms with Crippen molar-refractivity contribution < 1.29 is 38.1 Å². The van der Waals surface area contributed by atoms with Crippen molar-refractivity contribution in [2.75, 3.05) is 34.5 Å². The number of amides is 4. The third-order valence-electron chi connectivity index (χ3n) is 13.1. The van der Waals surface area contributed by atoms with Crippen molar-refractivity contribution in [3.05, 3.63) is 102 Å². The summed E-state index contributed by atoms with van der Waals surface area (Å²) in [6.07, 6.45) is 2.64. The van der Waals surface area contributed by atoms with Gasteiger partial charge in [-0.15, -0.1) is 0 Å². The largest absolute Gasteiger partial charge is 0.488 e. The van der Waals surface area contributed by atoms with E-state index in [0.717, 1.165) is 68.3 Å². The van der Waals surface area contributed by atoms with Gasteiger partial charge in [-0.3, -0.25) is 9.59 Å². The quantitative estimate of drug-likeness (QED) is 0.100. The fourth-order valence-electron chi connectivity index (χ4n) is 9.83. The van der Waals surface area contributed by atoms with E-state index in [2.05, 4.69) is 57.0 Å². The first kappa shape index (κ1) is 43.3. The highest BCUT2D eigenvalue weighted by atomic mass is 16.5. The molecular formula is C49H54N8O8. The lowest BCUT2D eigenvalue weighted by Gasteiger charge is -2.32. The zero-order valence-corrected chi connectivity index (χ0v) is 37.3. The van der Waals surface area contributed by atoms with Crippen molar-refractivity contribution in [1.82, 2.24) is 40.4 Å². The molecule has 65 heavy (non-hydrogen) atoms. The average molecular weight is 883 g/mol. The molecule has 4 aromatic carbocycles. The molecule has 4 amide bonds. The van der Waals surface area contributed by atoms with E-state index >= 15 is 0 Å². The first-order valence-corrected chi connectivity index (χ1v) is 22.1. The number of carbonyl (C=O) groups is 4. The number of aromatic nitrogens is 4. The van der Waals surface area contributed by atoms with Crippen molar-refractivity contribution in [1.29, 1.82) is 0 Å². The number of carbonyl (C=O) groups excluding carboxylic acids is 4. The first-order chi connectivity index (χ1) is 31.5. The Kier molecular flexibility index (Phi) is 11.9. The fraction of sp³-hybridized carbons (Fsp3) is 0.388. The molecule has 16 heteroatoms. The van der Waals surface area contributed by atoms with Crippen LogP contribution in [-0.4, -0.2) is 100 Å². The maximum Gasteiger partial charge on any atom is 0.407 e. The number of likely N-dealkylation sites (tertiary alicyclic amines) is 2. The molecule has 0 saturated carbocycles. The van der Waals surface area contributed by atoms with E-state index in [1.54, 1.807) is 18.2 Å². The van der Waals surface area contributed by atoms with Crippen molar-refractivity contribution in [2.45, 2.75) is 76.8 Å². The molecule has 9 rings (SSSR count). The molecular weight excluding hydrogens is 829 g/mol. The van der Waals surface area contributed by atoms with Gasteiger partial charge in [-0.05, 0) is 84.0 Å². The molecule has 3 aliphatic rings. The minimum Gasteiger partial charge on any atom is -0.488 e. The Labute approximate surface area is 376 Å². The number of fused-ring (bicyclic) bond motifs is 6. The van der Waals surface area contributed by atoms with Gasteiger partial charge in [0.25, 0.3) is 5.91 Å². The van der Waals surface area contributed by atoms with Gasteiger partial charge in [-0.2, -0.15) is 0 Å². The van der Waals surface area contributed by atoms with E-state index < -0.39 is 24.3 Å². The second-order valence-corrected chi connectivity index (χ2v) is 17.6. The predicted octanol–water partition coefficient (Wildman–Crippen LogP) is 7.73. The second-order valence-electron chi connectivity index (χ2n) is 17.6. The maximum atomic E-state index is 14.3. The Bertz CT molecular complexity index is 2770. The van der Waals surface area contributed by atoms with E-state index in [-0.39, 0.29) is 41.8 Å². The van der Waals surface area contributed by atoms with Gasteiger partial charge in [0.05, 0.1) is 55.8 Å². The summed E-state index contributed by atoms with van der Waals surface area (Å²) in [6, 6.07) is 21.3. The maximum absolute atomic E-state index is 14.3. The van der Waals surface area contributed by atoms with Gasteiger partial charge in [-0.25, -0.2) is 19.6 Å². The summed E-state index contributed by atoms with van der Waals surface area (Å²) in [5.41, 5.74) is 7.09. The zero-order chi connectivity index (χ0) is 45.5. The molecule has 2 unspecified atom stereocenters. The monoisotopic (exact) mass is 882 g/mol. The fourth-order valence-corrected chi connectivity index (χ4v) is 9.83. The molecule has 0 radical (unpaired) electrons. The molecule has 2 fully saturated rings. The van der Waals surface area contributed by atoms with Crippen LogP contribution in [0.1, 0.15) is 80.9 Å².